The summed E-state index contributed by atoms with van der Waals surface area (Å²) in [5, 5.41) is 4.33. The van der Waals surface area contributed by atoms with E-state index in [4.69, 9.17) is 0 Å². The SMILES string of the molecule is CC(C)(C)c1nn2cccc2c(=O)[nH]1. The first-order valence-corrected chi connectivity index (χ1v) is 4.56. The molecule has 1 N–H and O–H groups in total. The number of rotatable bonds is 0. The van der Waals surface area contributed by atoms with E-state index < -0.39 is 0 Å². The Kier molecular flexibility index (Phi) is 1.74. The van der Waals surface area contributed by atoms with E-state index in [2.05, 4.69) is 10.1 Å². The topological polar surface area (TPSA) is 50.2 Å². The molecular formula is C10H13N3O. The van der Waals surface area contributed by atoms with Crippen molar-refractivity contribution in [3.63, 3.8) is 0 Å². The van der Waals surface area contributed by atoms with Gasteiger partial charge in [-0.2, -0.15) is 5.10 Å². The Balaban J connectivity index is 2.77. The molecule has 0 unspecified atom stereocenters. The van der Waals surface area contributed by atoms with Crippen LogP contribution in [0, 0.1) is 0 Å². The molecule has 0 fully saturated rings. The van der Waals surface area contributed by atoms with Crippen molar-refractivity contribution < 1.29 is 0 Å². The van der Waals surface area contributed by atoms with Crippen molar-refractivity contribution in [1.29, 1.82) is 0 Å². The second kappa shape index (κ2) is 2.70. The van der Waals surface area contributed by atoms with Crippen LogP contribution in [0.3, 0.4) is 0 Å². The number of hydrogen-bond acceptors (Lipinski definition) is 2. The Morgan fingerprint density at radius 3 is 2.79 bits per heavy atom. The van der Waals surface area contributed by atoms with Crippen molar-refractivity contribution >= 4 is 5.52 Å². The minimum atomic E-state index is -0.141. The van der Waals surface area contributed by atoms with Gasteiger partial charge in [0.15, 0.2) is 0 Å². The number of hydrogen-bond donors (Lipinski definition) is 1. The average molecular weight is 191 g/mol. The van der Waals surface area contributed by atoms with Gasteiger partial charge in [-0.25, -0.2) is 4.52 Å². The highest BCUT2D eigenvalue weighted by molar-refractivity contribution is 5.43. The number of nitrogens with one attached hydrogen (secondary N) is 1. The Labute approximate surface area is 81.6 Å². The second-order valence-electron chi connectivity index (χ2n) is 4.39. The van der Waals surface area contributed by atoms with E-state index in [1.807, 2.05) is 26.8 Å². The quantitative estimate of drug-likeness (QED) is 0.682. The molecule has 4 nitrogen and oxygen atoms in total. The smallest absolute Gasteiger partial charge is 0.275 e. The lowest BCUT2D eigenvalue weighted by atomic mass is 9.96. The van der Waals surface area contributed by atoms with Crippen LogP contribution in [0.2, 0.25) is 0 Å². The average Bonchev–Trinajstić information content (AvgIpc) is 2.50. The molecule has 0 radical (unpaired) electrons. The summed E-state index contributed by atoms with van der Waals surface area (Å²) in [5.74, 6) is 0.700. The highest BCUT2D eigenvalue weighted by Crippen LogP contribution is 2.16. The highest BCUT2D eigenvalue weighted by atomic mass is 16.1. The Morgan fingerprint density at radius 2 is 2.14 bits per heavy atom. The van der Waals surface area contributed by atoms with Crippen LogP contribution in [0.4, 0.5) is 0 Å². The molecule has 0 saturated heterocycles. The van der Waals surface area contributed by atoms with Gasteiger partial charge in [0.2, 0.25) is 0 Å². The van der Waals surface area contributed by atoms with Gasteiger partial charge in [0.25, 0.3) is 5.56 Å². The Morgan fingerprint density at radius 1 is 1.43 bits per heavy atom. The number of fused-ring (bicyclic) bond motifs is 1. The summed E-state index contributed by atoms with van der Waals surface area (Å²) < 4.78 is 1.61. The third-order valence-electron chi connectivity index (χ3n) is 2.11. The van der Waals surface area contributed by atoms with Gasteiger partial charge >= 0.3 is 0 Å². The molecule has 0 aliphatic rings. The lowest BCUT2D eigenvalue weighted by Gasteiger charge is -2.16. The first kappa shape index (κ1) is 8.99. The van der Waals surface area contributed by atoms with Crippen molar-refractivity contribution in [2.75, 3.05) is 0 Å². The van der Waals surface area contributed by atoms with E-state index in [0.29, 0.717) is 11.3 Å². The minimum Gasteiger partial charge on any atom is -0.307 e. The van der Waals surface area contributed by atoms with Crippen LogP contribution in [0.5, 0.6) is 0 Å². The monoisotopic (exact) mass is 191 g/mol. The summed E-state index contributed by atoms with van der Waals surface area (Å²) in [6, 6.07) is 3.56. The molecule has 0 saturated carbocycles. The minimum absolute atomic E-state index is 0.0880. The molecule has 0 amide bonds. The van der Waals surface area contributed by atoms with Gasteiger partial charge in [-0.05, 0) is 12.1 Å². The lowest BCUT2D eigenvalue weighted by Crippen LogP contribution is -2.24. The van der Waals surface area contributed by atoms with Crippen molar-refractivity contribution in [2.24, 2.45) is 0 Å². The molecular weight excluding hydrogens is 178 g/mol. The van der Waals surface area contributed by atoms with Gasteiger partial charge in [-0.1, -0.05) is 20.8 Å². The summed E-state index contributed by atoms with van der Waals surface area (Å²) >= 11 is 0. The van der Waals surface area contributed by atoms with Crippen molar-refractivity contribution in [2.45, 2.75) is 26.2 Å². The van der Waals surface area contributed by atoms with Crippen LogP contribution in [0.15, 0.2) is 23.1 Å². The standard InChI is InChI=1S/C10H13N3O/c1-10(2,3)9-11-8(14)7-5-4-6-13(7)12-9/h4-6H,1-3H3,(H,11,12,14). The maximum Gasteiger partial charge on any atom is 0.275 e. The van der Waals surface area contributed by atoms with Gasteiger partial charge in [0.05, 0.1) is 0 Å². The maximum atomic E-state index is 11.6. The normalized spacial score (nSPS) is 12.2. The molecule has 14 heavy (non-hydrogen) atoms. The molecule has 74 valence electrons. The number of H-pyrrole nitrogens is 1. The fourth-order valence-corrected chi connectivity index (χ4v) is 1.28. The van der Waals surface area contributed by atoms with Crippen LogP contribution in [-0.2, 0) is 5.41 Å². The number of aromatic nitrogens is 3. The predicted octanol–water partition coefficient (Wildman–Crippen LogP) is 1.32. The molecule has 2 aromatic rings. The van der Waals surface area contributed by atoms with Crippen LogP contribution >= 0.6 is 0 Å². The molecule has 0 bridgehead atoms. The predicted molar refractivity (Wildman–Crippen MR) is 54.5 cm³/mol. The molecule has 0 spiro atoms. The zero-order chi connectivity index (χ0) is 10.3. The first-order chi connectivity index (χ1) is 6.48. The number of aromatic amines is 1. The zero-order valence-electron chi connectivity index (χ0n) is 8.53. The fraction of sp³-hybridized carbons (Fsp3) is 0.400. The first-order valence-electron chi connectivity index (χ1n) is 4.56. The second-order valence-corrected chi connectivity index (χ2v) is 4.39. The Hall–Kier alpha value is -1.58. The molecule has 2 rings (SSSR count). The van der Waals surface area contributed by atoms with Gasteiger partial charge < -0.3 is 4.98 Å². The van der Waals surface area contributed by atoms with E-state index >= 15 is 0 Å². The molecule has 0 aliphatic carbocycles. The van der Waals surface area contributed by atoms with Crippen LogP contribution in [-0.4, -0.2) is 14.6 Å². The third-order valence-corrected chi connectivity index (χ3v) is 2.11. The molecule has 0 aromatic carbocycles. The van der Waals surface area contributed by atoms with E-state index in [1.165, 1.54) is 0 Å². The lowest BCUT2D eigenvalue weighted by molar-refractivity contribution is 0.526. The summed E-state index contributed by atoms with van der Waals surface area (Å²) in [7, 11) is 0. The molecule has 0 atom stereocenters. The van der Waals surface area contributed by atoms with Crippen molar-refractivity contribution in [1.82, 2.24) is 14.6 Å². The largest absolute Gasteiger partial charge is 0.307 e. The summed E-state index contributed by atoms with van der Waals surface area (Å²) in [6.07, 6.45) is 1.78. The van der Waals surface area contributed by atoms with Gasteiger partial charge in [-0.3, -0.25) is 4.79 Å². The van der Waals surface area contributed by atoms with Gasteiger partial charge in [0.1, 0.15) is 11.3 Å². The van der Waals surface area contributed by atoms with Crippen molar-refractivity contribution in [3.8, 4) is 0 Å². The van der Waals surface area contributed by atoms with E-state index in [1.54, 1.807) is 16.8 Å². The van der Waals surface area contributed by atoms with Crippen LogP contribution in [0.1, 0.15) is 26.6 Å². The van der Waals surface area contributed by atoms with Gasteiger partial charge in [-0.15, -0.1) is 0 Å². The molecule has 2 aromatic heterocycles. The third kappa shape index (κ3) is 1.32. The maximum absolute atomic E-state index is 11.6. The molecule has 2 heterocycles. The summed E-state index contributed by atoms with van der Waals surface area (Å²) in [4.78, 5) is 14.4. The van der Waals surface area contributed by atoms with E-state index in [0.717, 1.165) is 0 Å². The van der Waals surface area contributed by atoms with Crippen LogP contribution in [0.25, 0.3) is 5.52 Å². The zero-order valence-corrected chi connectivity index (χ0v) is 8.53. The van der Waals surface area contributed by atoms with E-state index in [9.17, 15) is 4.79 Å². The molecule has 0 aliphatic heterocycles. The van der Waals surface area contributed by atoms with Crippen molar-refractivity contribution in [3.05, 3.63) is 34.5 Å². The number of nitrogens with zero attached hydrogens (tertiary/aromatic N) is 2. The van der Waals surface area contributed by atoms with E-state index in [-0.39, 0.29) is 11.0 Å². The summed E-state index contributed by atoms with van der Waals surface area (Å²) in [6.45, 7) is 6.04. The van der Waals surface area contributed by atoms with Crippen LogP contribution < -0.4 is 5.56 Å². The fourth-order valence-electron chi connectivity index (χ4n) is 1.28. The Bertz CT molecular complexity index is 516. The molecule has 4 heteroatoms. The summed E-state index contributed by atoms with van der Waals surface area (Å²) in [5.41, 5.74) is 0.352. The van der Waals surface area contributed by atoms with Gasteiger partial charge in [0, 0.05) is 11.6 Å². The highest BCUT2D eigenvalue weighted by Gasteiger charge is 2.17.